The summed E-state index contributed by atoms with van der Waals surface area (Å²) in [6.45, 7) is 7.48. The Hall–Kier alpha value is -0.570. The van der Waals surface area contributed by atoms with Gasteiger partial charge in [0.2, 0.25) is 5.28 Å². The van der Waals surface area contributed by atoms with E-state index in [4.69, 9.17) is 11.6 Å². The first-order valence-electron chi connectivity index (χ1n) is 5.10. The Balaban J connectivity index is 2.19. The summed E-state index contributed by atoms with van der Waals surface area (Å²) in [6, 6.07) is 0. The summed E-state index contributed by atoms with van der Waals surface area (Å²) in [5.41, 5.74) is 0.455. The maximum absolute atomic E-state index is 5.97. The predicted molar refractivity (Wildman–Crippen MR) is 56.3 cm³/mol. The number of aromatic nitrogens is 3. The van der Waals surface area contributed by atoms with Crippen molar-refractivity contribution in [2.24, 2.45) is 11.3 Å². The fourth-order valence-corrected chi connectivity index (χ4v) is 2.15. The quantitative estimate of drug-likeness (QED) is 0.773. The van der Waals surface area contributed by atoms with Crippen LogP contribution >= 0.6 is 11.6 Å². The largest absolute Gasteiger partial charge is 0.301 e. The minimum Gasteiger partial charge on any atom is -0.301 e. The fourth-order valence-electron chi connectivity index (χ4n) is 1.93. The Labute approximate surface area is 89.5 Å². The van der Waals surface area contributed by atoms with Crippen LogP contribution in [0, 0.1) is 18.3 Å². The molecular formula is C10H16ClN3. The fraction of sp³-hybridized carbons (Fsp3) is 0.800. The van der Waals surface area contributed by atoms with Gasteiger partial charge >= 0.3 is 0 Å². The third-order valence-electron chi connectivity index (χ3n) is 3.48. The maximum Gasteiger partial charge on any atom is 0.225 e. The van der Waals surface area contributed by atoms with Gasteiger partial charge in [0.05, 0.1) is 0 Å². The van der Waals surface area contributed by atoms with Gasteiger partial charge in [-0.3, -0.25) is 0 Å². The topological polar surface area (TPSA) is 30.7 Å². The standard InChI is InChI=1S/C10H16ClN3/c1-7(2)10(4-5-10)6-14-8(3)12-13-9(14)11/h7H,4-6H2,1-3H3. The number of rotatable bonds is 3. The molecule has 1 aromatic rings. The van der Waals surface area contributed by atoms with Crippen molar-refractivity contribution in [3.8, 4) is 0 Å². The molecule has 4 heteroatoms. The van der Waals surface area contributed by atoms with E-state index in [1.807, 2.05) is 11.5 Å². The smallest absolute Gasteiger partial charge is 0.225 e. The van der Waals surface area contributed by atoms with Crippen molar-refractivity contribution in [2.75, 3.05) is 0 Å². The molecule has 0 atom stereocenters. The molecule has 78 valence electrons. The molecule has 14 heavy (non-hydrogen) atoms. The van der Waals surface area contributed by atoms with E-state index in [1.165, 1.54) is 12.8 Å². The van der Waals surface area contributed by atoms with E-state index in [2.05, 4.69) is 24.0 Å². The van der Waals surface area contributed by atoms with Gasteiger partial charge in [-0.05, 0) is 42.7 Å². The molecule has 0 amide bonds. The highest BCUT2D eigenvalue weighted by Gasteiger charge is 2.46. The summed E-state index contributed by atoms with van der Waals surface area (Å²) in [4.78, 5) is 0. The van der Waals surface area contributed by atoms with E-state index in [0.29, 0.717) is 16.6 Å². The summed E-state index contributed by atoms with van der Waals surface area (Å²) in [5, 5.41) is 8.36. The number of halogens is 1. The summed E-state index contributed by atoms with van der Waals surface area (Å²) >= 11 is 5.97. The summed E-state index contributed by atoms with van der Waals surface area (Å²) in [7, 11) is 0. The van der Waals surface area contributed by atoms with Gasteiger partial charge in [-0.25, -0.2) is 0 Å². The molecule has 1 aliphatic carbocycles. The van der Waals surface area contributed by atoms with Crippen molar-refractivity contribution in [1.29, 1.82) is 0 Å². The lowest BCUT2D eigenvalue weighted by atomic mass is 9.92. The Kier molecular flexibility index (Phi) is 2.30. The van der Waals surface area contributed by atoms with E-state index in [-0.39, 0.29) is 0 Å². The number of hydrogen-bond acceptors (Lipinski definition) is 2. The summed E-state index contributed by atoms with van der Waals surface area (Å²) in [6.07, 6.45) is 2.61. The molecule has 0 saturated heterocycles. The zero-order chi connectivity index (χ0) is 10.3. The normalized spacial score (nSPS) is 18.9. The Morgan fingerprint density at radius 1 is 1.43 bits per heavy atom. The summed E-state index contributed by atoms with van der Waals surface area (Å²) < 4.78 is 2.02. The SMILES string of the molecule is Cc1nnc(Cl)n1CC1(C(C)C)CC1. The predicted octanol–water partition coefficient (Wildman–Crippen LogP) is 2.68. The van der Waals surface area contributed by atoms with Gasteiger partial charge in [0.25, 0.3) is 0 Å². The van der Waals surface area contributed by atoms with Gasteiger partial charge in [-0.1, -0.05) is 13.8 Å². The van der Waals surface area contributed by atoms with Crippen LogP contribution < -0.4 is 0 Å². The molecule has 3 nitrogen and oxygen atoms in total. The molecule has 0 spiro atoms. The summed E-state index contributed by atoms with van der Waals surface area (Å²) in [5.74, 6) is 1.63. The van der Waals surface area contributed by atoms with Crippen LogP contribution in [0.5, 0.6) is 0 Å². The molecule has 0 radical (unpaired) electrons. The second-order valence-corrected chi connectivity index (χ2v) is 4.96. The van der Waals surface area contributed by atoms with Gasteiger partial charge in [0.15, 0.2) is 0 Å². The third-order valence-corrected chi connectivity index (χ3v) is 3.76. The van der Waals surface area contributed by atoms with Crippen LogP contribution in [-0.4, -0.2) is 14.8 Å². The molecule has 0 aliphatic heterocycles. The number of nitrogens with zero attached hydrogens (tertiary/aromatic N) is 3. The van der Waals surface area contributed by atoms with Gasteiger partial charge in [-0.2, -0.15) is 0 Å². The van der Waals surface area contributed by atoms with Crippen LogP contribution in [0.3, 0.4) is 0 Å². The molecule has 1 fully saturated rings. The van der Waals surface area contributed by atoms with Crippen molar-refractivity contribution in [3.63, 3.8) is 0 Å². The average molecular weight is 214 g/mol. The lowest BCUT2D eigenvalue weighted by molar-refractivity contribution is 0.306. The molecule has 1 heterocycles. The molecule has 0 unspecified atom stereocenters. The maximum atomic E-state index is 5.97. The lowest BCUT2D eigenvalue weighted by Crippen LogP contribution is -2.18. The van der Waals surface area contributed by atoms with Crippen molar-refractivity contribution in [1.82, 2.24) is 14.8 Å². The molecular weight excluding hydrogens is 198 g/mol. The molecule has 0 aromatic carbocycles. The molecule has 1 saturated carbocycles. The van der Waals surface area contributed by atoms with Gasteiger partial charge in [-0.15, -0.1) is 10.2 Å². The minimum atomic E-state index is 0.455. The van der Waals surface area contributed by atoms with E-state index in [9.17, 15) is 0 Å². The van der Waals surface area contributed by atoms with Gasteiger partial charge in [0, 0.05) is 6.54 Å². The molecule has 0 N–H and O–H groups in total. The van der Waals surface area contributed by atoms with Crippen LogP contribution in [0.25, 0.3) is 0 Å². The molecule has 1 aromatic heterocycles. The monoisotopic (exact) mass is 213 g/mol. The van der Waals surface area contributed by atoms with Crippen LogP contribution in [-0.2, 0) is 6.54 Å². The third kappa shape index (κ3) is 1.54. The minimum absolute atomic E-state index is 0.455. The van der Waals surface area contributed by atoms with Crippen LogP contribution in [0.1, 0.15) is 32.5 Å². The average Bonchev–Trinajstić information content (AvgIpc) is 2.84. The molecule has 2 rings (SSSR count). The van der Waals surface area contributed by atoms with Crippen LogP contribution in [0.4, 0.5) is 0 Å². The van der Waals surface area contributed by atoms with Crippen LogP contribution in [0.15, 0.2) is 0 Å². The van der Waals surface area contributed by atoms with Gasteiger partial charge in [0.1, 0.15) is 5.82 Å². The van der Waals surface area contributed by atoms with E-state index >= 15 is 0 Å². The van der Waals surface area contributed by atoms with Gasteiger partial charge < -0.3 is 4.57 Å². The highest BCUT2D eigenvalue weighted by Crippen LogP contribution is 2.53. The van der Waals surface area contributed by atoms with Crippen molar-refractivity contribution >= 4 is 11.6 Å². The lowest BCUT2D eigenvalue weighted by Gasteiger charge is -2.20. The van der Waals surface area contributed by atoms with Crippen molar-refractivity contribution < 1.29 is 0 Å². The van der Waals surface area contributed by atoms with Crippen LogP contribution in [0.2, 0.25) is 5.28 Å². The number of aryl methyl sites for hydroxylation is 1. The van der Waals surface area contributed by atoms with E-state index < -0.39 is 0 Å². The first-order valence-corrected chi connectivity index (χ1v) is 5.48. The number of hydrogen-bond donors (Lipinski definition) is 0. The highest BCUT2D eigenvalue weighted by atomic mass is 35.5. The first-order chi connectivity index (χ1) is 6.55. The molecule has 0 bridgehead atoms. The van der Waals surface area contributed by atoms with Crippen molar-refractivity contribution in [3.05, 3.63) is 11.1 Å². The van der Waals surface area contributed by atoms with E-state index in [1.54, 1.807) is 0 Å². The second kappa shape index (κ2) is 3.23. The second-order valence-electron chi connectivity index (χ2n) is 4.62. The Morgan fingerprint density at radius 2 is 2.07 bits per heavy atom. The Bertz CT molecular complexity index is 320. The highest BCUT2D eigenvalue weighted by molar-refractivity contribution is 6.28. The Morgan fingerprint density at radius 3 is 2.43 bits per heavy atom. The molecule has 1 aliphatic rings. The van der Waals surface area contributed by atoms with Crippen molar-refractivity contribution in [2.45, 2.75) is 40.2 Å². The first kappa shape index (κ1) is 9.97. The van der Waals surface area contributed by atoms with E-state index in [0.717, 1.165) is 12.4 Å². The zero-order valence-electron chi connectivity index (χ0n) is 8.92. The zero-order valence-corrected chi connectivity index (χ0v) is 9.67.